The zero-order chi connectivity index (χ0) is 15.0. The summed E-state index contributed by atoms with van der Waals surface area (Å²) in [6.45, 7) is 1.96. The third-order valence-electron chi connectivity index (χ3n) is 3.89. The summed E-state index contributed by atoms with van der Waals surface area (Å²) in [4.78, 5) is 11.2. The number of benzene rings is 1. The number of hydrogen-bond acceptors (Lipinski definition) is 5. The van der Waals surface area contributed by atoms with Gasteiger partial charge in [-0.2, -0.15) is 0 Å². The third-order valence-corrected chi connectivity index (χ3v) is 3.89. The predicted octanol–water partition coefficient (Wildman–Crippen LogP) is 3.02. The maximum Gasteiger partial charge on any atom is 0.141 e. The quantitative estimate of drug-likeness (QED) is 0.935. The van der Waals surface area contributed by atoms with Crippen molar-refractivity contribution in [3.63, 3.8) is 0 Å². The van der Waals surface area contributed by atoms with Crippen LogP contribution in [0.3, 0.4) is 0 Å². The Hall–Kier alpha value is -2.30. The molecule has 0 spiro atoms. The Balaban J connectivity index is 1.97. The van der Waals surface area contributed by atoms with Gasteiger partial charge in [0.2, 0.25) is 0 Å². The first-order chi connectivity index (χ1) is 10.1. The minimum atomic E-state index is 0.482. The maximum absolute atomic E-state index is 6.05. The van der Waals surface area contributed by atoms with E-state index in [1.807, 2.05) is 43.1 Å². The number of aromatic nitrogens is 2. The van der Waals surface area contributed by atoms with E-state index in [0.29, 0.717) is 11.7 Å². The monoisotopic (exact) mass is 284 g/mol. The number of anilines is 3. The van der Waals surface area contributed by atoms with Crippen molar-refractivity contribution in [1.82, 2.24) is 9.97 Å². The fourth-order valence-electron chi connectivity index (χ4n) is 2.32. The molecule has 21 heavy (non-hydrogen) atoms. The van der Waals surface area contributed by atoms with Crippen molar-refractivity contribution in [3.8, 4) is 5.75 Å². The molecule has 1 aliphatic carbocycles. The van der Waals surface area contributed by atoms with Crippen LogP contribution >= 0.6 is 0 Å². The minimum absolute atomic E-state index is 0.482. The molecule has 5 nitrogen and oxygen atoms in total. The van der Waals surface area contributed by atoms with E-state index in [4.69, 9.17) is 15.5 Å². The van der Waals surface area contributed by atoms with Crippen molar-refractivity contribution in [2.45, 2.75) is 25.7 Å². The number of nitrogen functional groups attached to an aromatic ring is 1. The summed E-state index contributed by atoms with van der Waals surface area (Å²) in [7, 11) is 3.66. The first kappa shape index (κ1) is 13.7. The van der Waals surface area contributed by atoms with Gasteiger partial charge in [-0.25, -0.2) is 9.97 Å². The number of ether oxygens (including phenoxy) is 1. The van der Waals surface area contributed by atoms with Crippen molar-refractivity contribution in [1.29, 1.82) is 0 Å². The fourth-order valence-corrected chi connectivity index (χ4v) is 2.32. The lowest BCUT2D eigenvalue weighted by Gasteiger charge is -2.22. The normalized spacial score (nSPS) is 14.0. The van der Waals surface area contributed by atoms with E-state index in [2.05, 4.69) is 4.98 Å². The summed E-state index contributed by atoms with van der Waals surface area (Å²) in [6.07, 6.45) is 2.32. The van der Waals surface area contributed by atoms with Gasteiger partial charge in [0.05, 0.1) is 7.11 Å². The molecule has 0 radical (unpaired) electrons. The summed E-state index contributed by atoms with van der Waals surface area (Å²) in [5.74, 6) is 3.63. The third kappa shape index (κ3) is 2.63. The Morgan fingerprint density at radius 1 is 1.19 bits per heavy atom. The number of rotatable bonds is 4. The Kier molecular flexibility index (Phi) is 3.41. The van der Waals surface area contributed by atoms with Crippen LogP contribution in [-0.4, -0.2) is 24.1 Å². The standard InChI is InChI=1S/C16H20N4O/c1-10-14(17)18-15(11-4-5-11)19-16(10)20(2)12-6-8-13(21-3)9-7-12/h6-9,11H,4-5H2,1-3H3,(H2,17,18,19). The van der Waals surface area contributed by atoms with Gasteiger partial charge in [-0.1, -0.05) is 0 Å². The topological polar surface area (TPSA) is 64.3 Å². The van der Waals surface area contributed by atoms with Gasteiger partial charge in [-0.3, -0.25) is 0 Å². The number of nitrogens with two attached hydrogens (primary N) is 1. The van der Waals surface area contributed by atoms with Crippen LogP contribution in [-0.2, 0) is 0 Å². The molecule has 0 aliphatic heterocycles. The SMILES string of the molecule is COc1ccc(N(C)c2nc(C3CC3)nc(N)c2C)cc1. The first-order valence-corrected chi connectivity index (χ1v) is 7.12. The lowest BCUT2D eigenvalue weighted by Crippen LogP contribution is -2.16. The van der Waals surface area contributed by atoms with E-state index in [0.717, 1.165) is 41.5 Å². The Morgan fingerprint density at radius 2 is 1.86 bits per heavy atom. The molecule has 2 aromatic rings. The molecule has 0 unspecified atom stereocenters. The molecule has 0 amide bonds. The maximum atomic E-state index is 6.05. The molecule has 1 aliphatic rings. The molecule has 1 fully saturated rings. The van der Waals surface area contributed by atoms with Gasteiger partial charge in [-0.05, 0) is 44.0 Å². The highest BCUT2D eigenvalue weighted by Gasteiger charge is 2.28. The largest absolute Gasteiger partial charge is 0.497 e. The molecule has 0 saturated heterocycles. The summed E-state index contributed by atoms with van der Waals surface area (Å²) < 4.78 is 5.19. The molecule has 5 heteroatoms. The minimum Gasteiger partial charge on any atom is -0.497 e. The van der Waals surface area contributed by atoms with Crippen LogP contribution in [0.1, 0.15) is 30.1 Å². The molecule has 1 saturated carbocycles. The highest BCUT2D eigenvalue weighted by atomic mass is 16.5. The van der Waals surface area contributed by atoms with Gasteiger partial charge in [0.15, 0.2) is 0 Å². The van der Waals surface area contributed by atoms with E-state index in [-0.39, 0.29) is 0 Å². The van der Waals surface area contributed by atoms with Gasteiger partial charge in [0.1, 0.15) is 23.2 Å². The summed E-state index contributed by atoms with van der Waals surface area (Å²) in [5, 5.41) is 0. The van der Waals surface area contributed by atoms with E-state index >= 15 is 0 Å². The van der Waals surface area contributed by atoms with E-state index < -0.39 is 0 Å². The zero-order valence-electron chi connectivity index (χ0n) is 12.6. The van der Waals surface area contributed by atoms with Gasteiger partial charge in [-0.15, -0.1) is 0 Å². The molecule has 110 valence electrons. The average molecular weight is 284 g/mol. The fraction of sp³-hybridized carbons (Fsp3) is 0.375. The molecule has 0 atom stereocenters. The first-order valence-electron chi connectivity index (χ1n) is 7.12. The van der Waals surface area contributed by atoms with Crippen LogP contribution in [0.5, 0.6) is 5.75 Å². The highest BCUT2D eigenvalue weighted by Crippen LogP contribution is 2.40. The van der Waals surface area contributed by atoms with E-state index in [1.165, 1.54) is 0 Å². The van der Waals surface area contributed by atoms with Crippen LogP contribution in [0.4, 0.5) is 17.3 Å². The van der Waals surface area contributed by atoms with Gasteiger partial charge >= 0.3 is 0 Å². The van der Waals surface area contributed by atoms with Crippen molar-refractivity contribution in [2.75, 3.05) is 24.8 Å². The summed E-state index contributed by atoms with van der Waals surface area (Å²) in [5.41, 5.74) is 8.01. The van der Waals surface area contributed by atoms with Crippen LogP contribution in [0.25, 0.3) is 0 Å². The van der Waals surface area contributed by atoms with Crippen molar-refractivity contribution in [3.05, 3.63) is 35.7 Å². The van der Waals surface area contributed by atoms with Crippen LogP contribution < -0.4 is 15.4 Å². The van der Waals surface area contributed by atoms with Crippen molar-refractivity contribution < 1.29 is 4.74 Å². The second kappa shape index (κ2) is 5.24. The summed E-state index contributed by atoms with van der Waals surface area (Å²) in [6, 6.07) is 7.89. The molecule has 1 aromatic heterocycles. The molecule has 1 heterocycles. The molecule has 1 aromatic carbocycles. The van der Waals surface area contributed by atoms with Crippen molar-refractivity contribution >= 4 is 17.3 Å². The van der Waals surface area contributed by atoms with Gasteiger partial charge in [0, 0.05) is 24.2 Å². The zero-order valence-corrected chi connectivity index (χ0v) is 12.6. The lowest BCUT2D eigenvalue weighted by molar-refractivity contribution is 0.415. The molecule has 3 rings (SSSR count). The number of nitrogens with zero attached hydrogens (tertiary/aromatic N) is 3. The predicted molar refractivity (Wildman–Crippen MR) is 84.2 cm³/mol. The van der Waals surface area contributed by atoms with Gasteiger partial charge in [0.25, 0.3) is 0 Å². The molecular weight excluding hydrogens is 264 g/mol. The van der Waals surface area contributed by atoms with Crippen molar-refractivity contribution in [2.24, 2.45) is 0 Å². The molecule has 2 N–H and O–H groups in total. The van der Waals surface area contributed by atoms with Gasteiger partial charge < -0.3 is 15.4 Å². The summed E-state index contributed by atoms with van der Waals surface area (Å²) >= 11 is 0. The molecular formula is C16H20N4O. The van der Waals surface area contributed by atoms with Crippen LogP contribution in [0.2, 0.25) is 0 Å². The lowest BCUT2D eigenvalue weighted by atomic mass is 10.2. The average Bonchev–Trinajstić information content (AvgIpc) is 3.34. The Morgan fingerprint density at radius 3 is 2.43 bits per heavy atom. The Bertz CT molecular complexity index is 650. The van der Waals surface area contributed by atoms with Crippen LogP contribution in [0, 0.1) is 6.92 Å². The van der Waals surface area contributed by atoms with Crippen LogP contribution in [0.15, 0.2) is 24.3 Å². The molecule has 0 bridgehead atoms. The van der Waals surface area contributed by atoms with E-state index in [1.54, 1.807) is 7.11 Å². The second-order valence-corrected chi connectivity index (χ2v) is 5.45. The number of methoxy groups -OCH3 is 1. The Labute approximate surface area is 124 Å². The highest BCUT2D eigenvalue weighted by molar-refractivity contribution is 5.66. The second-order valence-electron chi connectivity index (χ2n) is 5.45. The smallest absolute Gasteiger partial charge is 0.141 e. The van der Waals surface area contributed by atoms with E-state index in [9.17, 15) is 0 Å². The number of hydrogen-bond donors (Lipinski definition) is 1.